The second-order valence-electron chi connectivity index (χ2n) is 9.10. The predicted octanol–water partition coefficient (Wildman–Crippen LogP) is 2.48. The maximum absolute atomic E-state index is 12.6. The number of likely N-dealkylation sites (tertiary alicyclic amines) is 1. The van der Waals surface area contributed by atoms with E-state index >= 15 is 0 Å². The van der Waals surface area contributed by atoms with Gasteiger partial charge in [0.25, 0.3) is 5.56 Å². The molecule has 0 saturated carbocycles. The zero-order valence-corrected chi connectivity index (χ0v) is 18.6. The second kappa shape index (κ2) is 9.53. The van der Waals surface area contributed by atoms with Gasteiger partial charge in [-0.2, -0.15) is 0 Å². The average molecular weight is 435 g/mol. The van der Waals surface area contributed by atoms with Crippen LogP contribution in [0.1, 0.15) is 31.4 Å². The molecule has 2 aromatic carbocycles. The maximum Gasteiger partial charge on any atom is 0.329 e. The molecule has 3 aromatic rings. The number of nitrogens with zero attached hydrogens (tertiary/aromatic N) is 2. The molecule has 1 saturated heterocycles. The average Bonchev–Trinajstić information content (AvgIpc) is 2.75. The van der Waals surface area contributed by atoms with Crippen LogP contribution in [0.3, 0.4) is 0 Å². The Morgan fingerprint density at radius 1 is 1.00 bits per heavy atom. The van der Waals surface area contributed by atoms with Crippen molar-refractivity contribution in [2.24, 2.45) is 11.8 Å². The summed E-state index contributed by atoms with van der Waals surface area (Å²) >= 11 is 0. The molecule has 7 nitrogen and oxygen atoms in total. The zero-order valence-electron chi connectivity index (χ0n) is 18.6. The number of fused-ring (bicyclic) bond motifs is 1. The summed E-state index contributed by atoms with van der Waals surface area (Å²) in [4.78, 5) is 42.3. The summed E-state index contributed by atoms with van der Waals surface area (Å²) in [5, 5.41) is 3.18. The SMILES string of the molecule is CC1CC(C)CN(Cc2ccc(CNC(=O)Cn3c(=O)[nH]c4ccccc4c3=O)cc2)C1. The van der Waals surface area contributed by atoms with E-state index in [0.29, 0.717) is 17.4 Å². The van der Waals surface area contributed by atoms with E-state index in [-0.39, 0.29) is 12.5 Å². The van der Waals surface area contributed by atoms with Crippen molar-refractivity contribution in [1.82, 2.24) is 19.8 Å². The van der Waals surface area contributed by atoms with Crippen LogP contribution in [0.5, 0.6) is 0 Å². The van der Waals surface area contributed by atoms with E-state index in [0.717, 1.165) is 41.6 Å². The fourth-order valence-corrected chi connectivity index (χ4v) is 4.68. The first-order valence-electron chi connectivity index (χ1n) is 11.2. The van der Waals surface area contributed by atoms with Gasteiger partial charge in [-0.25, -0.2) is 4.79 Å². The van der Waals surface area contributed by atoms with Gasteiger partial charge in [-0.1, -0.05) is 50.2 Å². The summed E-state index contributed by atoms with van der Waals surface area (Å²) in [7, 11) is 0. The van der Waals surface area contributed by atoms with E-state index in [4.69, 9.17) is 0 Å². The molecule has 2 heterocycles. The fourth-order valence-electron chi connectivity index (χ4n) is 4.68. The third-order valence-electron chi connectivity index (χ3n) is 6.05. The van der Waals surface area contributed by atoms with E-state index in [1.165, 1.54) is 12.0 Å². The molecule has 1 fully saturated rings. The molecular formula is C25H30N4O3. The number of hydrogen-bond donors (Lipinski definition) is 2. The second-order valence-corrected chi connectivity index (χ2v) is 9.10. The van der Waals surface area contributed by atoms with Crippen LogP contribution in [0, 0.1) is 11.8 Å². The quantitative estimate of drug-likeness (QED) is 0.624. The van der Waals surface area contributed by atoms with Crippen molar-refractivity contribution in [3.63, 3.8) is 0 Å². The number of aromatic nitrogens is 2. The standard InChI is InChI=1S/C25H30N4O3/c1-17-11-18(2)14-28(13-17)15-20-9-7-19(8-10-20)12-26-23(30)16-29-24(31)21-5-3-4-6-22(21)27-25(29)32/h3-10,17-18H,11-16H2,1-2H3,(H,26,30)(H,27,32). The number of H-pyrrole nitrogens is 1. The number of hydrogen-bond acceptors (Lipinski definition) is 4. The van der Waals surface area contributed by atoms with E-state index in [1.807, 2.05) is 12.1 Å². The van der Waals surface area contributed by atoms with Crippen molar-refractivity contribution in [2.45, 2.75) is 39.9 Å². The number of aromatic amines is 1. The van der Waals surface area contributed by atoms with Gasteiger partial charge in [0.1, 0.15) is 6.54 Å². The summed E-state index contributed by atoms with van der Waals surface area (Å²) in [6.45, 7) is 7.86. The van der Waals surface area contributed by atoms with Crippen LogP contribution in [0.4, 0.5) is 0 Å². The fraction of sp³-hybridized carbons (Fsp3) is 0.400. The largest absolute Gasteiger partial charge is 0.350 e. The molecule has 1 aliphatic heterocycles. The van der Waals surface area contributed by atoms with Gasteiger partial charge < -0.3 is 10.3 Å². The van der Waals surface area contributed by atoms with Crippen LogP contribution in [0.2, 0.25) is 0 Å². The number of benzene rings is 2. The lowest BCUT2D eigenvalue weighted by atomic mass is 9.91. The highest BCUT2D eigenvalue weighted by atomic mass is 16.2. The Hall–Kier alpha value is -3.19. The smallest absolute Gasteiger partial charge is 0.329 e. The Morgan fingerprint density at radius 2 is 1.66 bits per heavy atom. The number of carbonyl (C=O) groups excluding carboxylic acids is 1. The molecule has 0 radical (unpaired) electrons. The molecule has 2 unspecified atom stereocenters. The van der Waals surface area contributed by atoms with Crippen LogP contribution < -0.4 is 16.6 Å². The normalized spacial score (nSPS) is 19.2. The molecular weight excluding hydrogens is 404 g/mol. The highest BCUT2D eigenvalue weighted by Crippen LogP contribution is 2.22. The van der Waals surface area contributed by atoms with E-state index in [9.17, 15) is 14.4 Å². The number of piperidine rings is 1. The van der Waals surface area contributed by atoms with Gasteiger partial charge in [0.2, 0.25) is 5.91 Å². The molecule has 168 valence electrons. The maximum atomic E-state index is 12.6. The van der Waals surface area contributed by atoms with Gasteiger partial charge in [-0.15, -0.1) is 0 Å². The number of para-hydroxylation sites is 1. The molecule has 0 bridgehead atoms. The Balaban J connectivity index is 1.34. The number of amides is 1. The lowest BCUT2D eigenvalue weighted by Crippen LogP contribution is -2.40. The van der Waals surface area contributed by atoms with E-state index in [2.05, 4.69) is 41.2 Å². The lowest BCUT2D eigenvalue weighted by molar-refractivity contribution is -0.121. The molecule has 0 aliphatic carbocycles. The van der Waals surface area contributed by atoms with Gasteiger partial charge in [0.05, 0.1) is 10.9 Å². The number of carbonyl (C=O) groups is 1. The first-order valence-corrected chi connectivity index (χ1v) is 11.2. The first kappa shape index (κ1) is 22.0. The molecule has 1 aromatic heterocycles. The Bertz CT molecular complexity index is 1200. The Kier molecular flexibility index (Phi) is 6.55. The van der Waals surface area contributed by atoms with E-state index in [1.54, 1.807) is 24.3 Å². The van der Waals surface area contributed by atoms with Crippen LogP contribution in [-0.2, 0) is 24.4 Å². The minimum absolute atomic E-state index is 0.317. The van der Waals surface area contributed by atoms with Gasteiger partial charge in [-0.3, -0.25) is 19.1 Å². The van der Waals surface area contributed by atoms with Crippen LogP contribution in [0.25, 0.3) is 10.9 Å². The molecule has 32 heavy (non-hydrogen) atoms. The molecule has 1 aliphatic rings. The van der Waals surface area contributed by atoms with Gasteiger partial charge in [0.15, 0.2) is 0 Å². The van der Waals surface area contributed by atoms with Crippen LogP contribution in [-0.4, -0.2) is 33.4 Å². The minimum atomic E-state index is -0.588. The van der Waals surface area contributed by atoms with Gasteiger partial charge in [0, 0.05) is 26.2 Å². The number of nitrogens with one attached hydrogen (secondary N) is 2. The number of rotatable bonds is 6. The summed E-state index contributed by atoms with van der Waals surface area (Å²) in [6.07, 6.45) is 1.30. The molecule has 2 N–H and O–H groups in total. The molecule has 2 atom stereocenters. The Morgan fingerprint density at radius 3 is 2.38 bits per heavy atom. The van der Waals surface area contributed by atoms with E-state index < -0.39 is 11.2 Å². The Labute approximate surface area is 187 Å². The van der Waals surface area contributed by atoms with Crippen molar-refractivity contribution in [2.75, 3.05) is 13.1 Å². The third kappa shape index (κ3) is 5.16. The minimum Gasteiger partial charge on any atom is -0.350 e. The van der Waals surface area contributed by atoms with Crippen molar-refractivity contribution in [3.05, 3.63) is 80.5 Å². The van der Waals surface area contributed by atoms with Crippen LogP contribution in [0.15, 0.2) is 58.1 Å². The first-order chi connectivity index (χ1) is 15.4. The topological polar surface area (TPSA) is 87.2 Å². The summed E-state index contributed by atoms with van der Waals surface area (Å²) in [6, 6.07) is 15.0. The van der Waals surface area contributed by atoms with Gasteiger partial charge in [-0.05, 0) is 41.5 Å². The zero-order chi connectivity index (χ0) is 22.7. The summed E-state index contributed by atoms with van der Waals surface area (Å²) < 4.78 is 0.932. The van der Waals surface area contributed by atoms with Gasteiger partial charge >= 0.3 is 5.69 Å². The monoisotopic (exact) mass is 434 g/mol. The predicted molar refractivity (Wildman–Crippen MR) is 125 cm³/mol. The van der Waals surface area contributed by atoms with Crippen molar-refractivity contribution in [3.8, 4) is 0 Å². The molecule has 1 amide bonds. The highest BCUT2D eigenvalue weighted by Gasteiger charge is 2.21. The van der Waals surface area contributed by atoms with Crippen molar-refractivity contribution < 1.29 is 4.79 Å². The van der Waals surface area contributed by atoms with Crippen molar-refractivity contribution >= 4 is 16.8 Å². The lowest BCUT2D eigenvalue weighted by Gasteiger charge is -2.35. The molecule has 0 spiro atoms. The van der Waals surface area contributed by atoms with Crippen LogP contribution >= 0.6 is 0 Å². The molecule has 7 heteroatoms. The highest BCUT2D eigenvalue weighted by molar-refractivity contribution is 5.78. The molecule has 4 rings (SSSR count). The third-order valence-corrected chi connectivity index (χ3v) is 6.05. The van der Waals surface area contributed by atoms with Crippen molar-refractivity contribution in [1.29, 1.82) is 0 Å². The summed E-state index contributed by atoms with van der Waals surface area (Å²) in [5.74, 6) is 1.08. The summed E-state index contributed by atoms with van der Waals surface area (Å²) in [5.41, 5.74) is 1.64.